The summed E-state index contributed by atoms with van der Waals surface area (Å²) in [6.45, 7) is 1.15. The van der Waals surface area contributed by atoms with Gasteiger partial charge >= 0.3 is 0 Å². The third-order valence-corrected chi connectivity index (χ3v) is 4.49. The van der Waals surface area contributed by atoms with E-state index in [1.807, 2.05) is 24.3 Å². The molecule has 0 unspecified atom stereocenters. The maximum atomic E-state index is 12.2. The van der Waals surface area contributed by atoms with Crippen LogP contribution in [0.15, 0.2) is 34.9 Å². The Morgan fingerprint density at radius 2 is 2.21 bits per heavy atom. The van der Waals surface area contributed by atoms with Crippen molar-refractivity contribution in [2.75, 3.05) is 11.4 Å². The Morgan fingerprint density at radius 3 is 2.96 bits per heavy atom. The molecule has 1 aromatic carbocycles. The number of benzene rings is 1. The standard InChI is InChI=1S/C18H19N3O3/c22-17-5-2-8-21(17)14-4-1-3-12(9-14)11-19-18(23)15-10-16(24-20-15)13-6-7-13/h1,3-4,9-10,13H,2,5-8,11H2,(H,19,23). The van der Waals surface area contributed by atoms with Crippen molar-refractivity contribution in [1.82, 2.24) is 10.5 Å². The molecule has 0 atom stereocenters. The van der Waals surface area contributed by atoms with Crippen LogP contribution in [0.5, 0.6) is 0 Å². The zero-order chi connectivity index (χ0) is 16.5. The zero-order valence-electron chi connectivity index (χ0n) is 13.3. The van der Waals surface area contributed by atoms with E-state index in [2.05, 4.69) is 10.5 Å². The van der Waals surface area contributed by atoms with Crippen molar-refractivity contribution in [2.45, 2.75) is 38.1 Å². The summed E-state index contributed by atoms with van der Waals surface area (Å²) in [7, 11) is 0. The minimum Gasteiger partial charge on any atom is -0.360 e. The highest BCUT2D eigenvalue weighted by molar-refractivity contribution is 5.95. The van der Waals surface area contributed by atoms with Gasteiger partial charge in [0, 0.05) is 37.2 Å². The van der Waals surface area contributed by atoms with E-state index in [9.17, 15) is 9.59 Å². The summed E-state index contributed by atoms with van der Waals surface area (Å²) in [6, 6.07) is 9.44. The summed E-state index contributed by atoms with van der Waals surface area (Å²) in [5.41, 5.74) is 2.16. The second-order valence-electron chi connectivity index (χ2n) is 6.39. The summed E-state index contributed by atoms with van der Waals surface area (Å²) in [5.74, 6) is 1.16. The Balaban J connectivity index is 1.39. The first-order valence-corrected chi connectivity index (χ1v) is 8.35. The van der Waals surface area contributed by atoms with Crippen molar-refractivity contribution in [1.29, 1.82) is 0 Å². The summed E-state index contributed by atoms with van der Waals surface area (Å²) < 4.78 is 5.21. The number of carbonyl (C=O) groups excluding carboxylic acids is 2. The molecule has 1 aliphatic carbocycles. The maximum absolute atomic E-state index is 12.2. The van der Waals surface area contributed by atoms with Crippen LogP contribution in [0.25, 0.3) is 0 Å². The molecule has 1 N–H and O–H groups in total. The molecule has 0 radical (unpaired) electrons. The zero-order valence-corrected chi connectivity index (χ0v) is 13.3. The molecule has 6 nitrogen and oxygen atoms in total. The Kier molecular flexibility index (Phi) is 3.80. The van der Waals surface area contributed by atoms with Gasteiger partial charge in [-0.3, -0.25) is 9.59 Å². The van der Waals surface area contributed by atoms with Crippen LogP contribution in [0, 0.1) is 0 Å². The predicted octanol–water partition coefficient (Wildman–Crippen LogP) is 2.61. The molecule has 2 fully saturated rings. The van der Waals surface area contributed by atoms with E-state index in [1.165, 1.54) is 0 Å². The smallest absolute Gasteiger partial charge is 0.273 e. The number of carbonyl (C=O) groups is 2. The van der Waals surface area contributed by atoms with E-state index >= 15 is 0 Å². The van der Waals surface area contributed by atoms with Crippen molar-refractivity contribution in [3.63, 3.8) is 0 Å². The van der Waals surface area contributed by atoms with Crippen LogP contribution in [0.4, 0.5) is 5.69 Å². The van der Waals surface area contributed by atoms with Crippen LogP contribution in [0.2, 0.25) is 0 Å². The van der Waals surface area contributed by atoms with Gasteiger partial charge in [-0.15, -0.1) is 0 Å². The van der Waals surface area contributed by atoms with E-state index in [4.69, 9.17) is 4.52 Å². The Hall–Kier alpha value is -2.63. The van der Waals surface area contributed by atoms with Crippen molar-refractivity contribution < 1.29 is 14.1 Å². The number of amides is 2. The van der Waals surface area contributed by atoms with Crippen molar-refractivity contribution in [3.8, 4) is 0 Å². The monoisotopic (exact) mass is 325 g/mol. The van der Waals surface area contributed by atoms with E-state index in [0.717, 1.165) is 42.8 Å². The van der Waals surface area contributed by atoms with Crippen LogP contribution in [-0.4, -0.2) is 23.5 Å². The first kappa shape index (κ1) is 14.9. The third-order valence-electron chi connectivity index (χ3n) is 4.49. The van der Waals surface area contributed by atoms with E-state index in [0.29, 0.717) is 24.6 Å². The molecule has 1 aliphatic heterocycles. The largest absolute Gasteiger partial charge is 0.360 e. The van der Waals surface area contributed by atoms with Gasteiger partial charge < -0.3 is 14.7 Å². The van der Waals surface area contributed by atoms with Crippen LogP contribution < -0.4 is 10.2 Å². The topological polar surface area (TPSA) is 75.4 Å². The summed E-state index contributed by atoms with van der Waals surface area (Å²) in [5, 5.41) is 6.69. The molecule has 2 heterocycles. The number of hydrogen-bond donors (Lipinski definition) is 1. The fourth-order valence-corrected chi connectivity index (χ4v) is 2.98. The van der Waals surface area contributed by atoms with Gasteiger partial charge in [0.25, 0.3) is 5.91 Å². The molecule has 2 amide bonds. The third kappa shape index (κ3) is 3.04. The summed E-state index contributed by atoms with van der Waals surface area (Å²) in [6.07, 6.45) is 3.72. The lowest BCUT2D eigenvalue weighted by Gasteiger charge is -2.16. The normalized spacial score (nSPS) is 17.3. The highest BCUT2D eigenvalue weighted by atomic mass is 16.5. The van der Waals surface area contributed by atoms with Crippen LogP contribution in [-0.2, 0) is 11.3 Å². The molecular weight excluding hydrogens is 306 g/mol. The number of nitrogens with one attached hydrogen (secondary N) is 1. The van der Waals surface area contributed by atoms with Gasteiger partial charge in [0.2, 0.25) is 5.91 Å². The second-order valence-corrected chi connectivity index (χ2v) is 6.39. The Morgan fingerprint density at radius 1 is 1.33 bits per heavy atom. The van der Waals surface area contributed by atoms with E-state index < -0.39 is 0 Å². The lowest BCUT2D eigenvalue weighted by atomic mass is 10.2. The van der Waals surface area contributed by atoms with Crippen LogP contribution in [0.3, 0.4) is 0 Å². The quantitative estimate of drug-likeness (QED) is 0.917. The lowest BCUT2D eigenvalue weighted by Crippen LogP contribution is -2.25. The van der Waals surface area contributed by atoms with Gasteiger partial charge in [0.1, 0.15) is 5.76 Å². The van der Waals surface area contributed by atoms with Gasteiger partial charge in [-0.25, -0.2) is 0 Å². The van der Waals surface area contributed by atoms with Crippen molar-refractivity contribution >= 4 is 17.5 Å². The number of rotatable bonds is 5. The van der Waals surface area contributed by atoms with Gasteiger partial charge in [-0.2, -0.15) is 0 Å². The van der Waals surface area contributed by atoms with Crippen molar-refractivity contribution in [2.24, 2.45) is 0 Å². The highest BCUT2D eigenvalue weighted by Crippen LogP contribution is 2.40. The minimum absolute atomic E-state index is 0.159. The average Bonchev–Trinajstić information content (AvgIpc) is 3.16. The predicted molar refractivity (Wildman–Crippen MR) is 87.7 cm³/mol. The summed E-state index contributed by atoms with van der Waals surface area (Å²) >= 11 is 0. The molecular formula is C18H19N3O3. The van der Waals surface area contributed by atoms with E-state index in [1.54, 1.807) is 11.0 Å². The van der Waals surface area contributed by atoms with Gasteiger partial charge in [-0.1, -0.05) is 17.3 Å². The fraction of sp³-hybridized carbons (Fsp3) is 0.389. The van der Waals surface area contributed by atoms with Crippen LogP contribution >= 0.6 is 0 Å². The molecule has 2 aromatic rings. The van der Waals surface area contributed by atoms with Gasteiger partial charge in [-0.05, 0) is 37.0 Å². The molecule has 0 spiro atoms. The molecule has 4 rings (SSSR count). The molecule has 6 heteroatoms. The van der Waals surface area contributed by atoms with Crippen molar-refractivity contribution in [3.05, 3.63) is 47.3 Å². The fourth-order valence-electron chi connectivity index (χ4n) is 2.98. The Labute approximate surface area is 139 Å². The van der Waals surface area contributed by atoms with E-state index in [-0.39, 0.29) is 11.8 Å². The molecule has 24 heavy (non-hydrogen) atoms. The first-order valence-electron chi connectivity index (χ1n) is 8.35. The number of hydrogen-bond acceptors (Lipinski definition) is 4. The maximum Gasteiger partial charge on any atom is 0.273 e. The molecule has 1 saturated carbocycles. The molecule has 1 saturated heterocycles. The Bertz CT molecular complexity index is 779. The number of anilines is 1. The van der Waals surface area contributed by atoms with Gasteiger partial charge in [0.05, 0.1) is 0 Å². The number of aromatic nitrogens is 1. The minimum atomic E-state index is -0.242. The lowest BCUT2D eigenvalue weighted by molar-refractivity contribution is -0.117. The highest BCUT2D eigenvalue weighted by Gasteiger charge is 2.28. The molecule has 1 aromatic heterocycles. The second kappa shape index (κ2) is 6.11. The van der Waals surface area contributed by atoms with Crippen LogP contribution in [0.1, 0.15) is 53.4 Å². The first-order chi connectivity index (χ1) is 11.7. The SMILES string of the molecule is O=C(NCc1cccc(N2CCCC2=O)c1)c1cc(C2CC2)on1. The molecule has 0 bridgehead atoms. The summed E-state index contributed by atoms with van der Waals surface area (Å²) in [4.78, 5) is 25.8. The van der Waals surface area contributed by atoms with Gasteiger partial charge in [0.15, 0.2) is 5.69 Å². The average molecular weight is 325 g/mol. The molecule has 124 valence electrons. The molecule has 2 aliphatic rings. The number of nitrogens with zero attached hydrogens (tertiary/aromatic N) is 2.